The van der Waals surface area contributed by atoms with Crippen LogP contribution in [0.4, 0.5) is 18.9 Å². The topological polar surface area (TPSA) is 66.4 Å². The van der Waals surface area contributed by atoms with E-state index in [2.05, 4.69) is 5.32 Å². The number of aliphatic carboxylic acids is 1. The average molecular weight is 259 g/mol. The maximum absolute atomic E-state index is 12.2. The van der Waals surface area contributed by atoms with Crippen molar-refractivity contribution >= 4 is 17.6 Å². The SMILES string of the molecule is O=C(O)/C=C\C(=O)Nc1ccc(C(F)(F)F)cc1. The van der Waals surface area contributed by atoms with Crippen LogP contribution in [0.5, 0.6) is 0 Å². The Morgan fingerprint density at radius 2 is 1.67 bits per heavy atom. The summed E-state index contributed by atoms with van der Waals surface area (Å²) in [6.07, 6.45) is -3.05. The van der Waals surface area contributed by atoms with Crippen LogP contribution in [0.2, 0.25) is 0 Å². The molecule has 4 nitrogen and oxygen atoms in total. The van der Waals surface area contributed by atoms with Gasteiger partial charge in [0.2, 0.25) is 5.91 Å². The molecule has 0 heterocycles. The van der Waals surface area contributed by atoms with E-state index in [0.717, 1.165) is 30.3 Å². The van der Waals surface area contributed by atoms with E-state index in [1.807, 2.05) is 0 Å². The lowest BCUT2D eigenvalue weighted by atomic mass is 10.2. The molecule has 1 amide bonds. The Morgan fingerprint density at radius 1 is 1.11 bits per heavy atom. The van der Waals surface area contributed by atoms with E-state index < -0.39 is 23.6 Å². The second-order valence-electron chi connectivity index (χ2n) is 3.24. The van der Waals surface area contributed by atoms with Gasteiger partial charge in [0.1, 0.15) is 0 Å². The Balaban J connectivity index is 2.70. The maximum atomic E-state index is 12.2. The second-order valence-corrected chi connectivity index (χ2v) is 3.24. The van der Waals surface area contributed by atoms with Gasteiger partial charge >= 0.3 is 12.1 Å². The van der Waals surface area contributed by atoms with Gasteiger partial charge in [-0.1, -0.05) is 0 Å². The highest BCUT2D eigenvalue weighted by Gasteiger charge is 2.29. The fourth-order valence-electron chi connectivity index (χ4n) is 1.07. The number of rotatable bonds is 3. The fourth-order valence-corrected chi connectivity index (χ4v) is 1.07. The fraction of sp³-hybridized carbons (Fsp3) is 0.0909. The number of carbonyl (C=O) groups excluding carboxylic acids is 1. The van der Waals surface area contributed by atoms with Crippen molar-refractivity contribution < 1.29 is 27.9 Å². The van der Waals surface area contributed by atoms with Crippen LogP contribution in [0.1, 0.15) is 5.56 Å². The Morgan fingerprint density at radius 3 is 2.11 bits per heavy atom. The zero-order chi connectivity index (χ0) is 13.8. The van der Waals surface area contributed by atoms with Gasteiger partial charge in [-0.15, -0.1) is 0 Å². The monoisotopic (exact) mass is 259 g/mol. The first-order valence-corrected chi connectivity index (χ1v) is 4.68. The van der Waals surface area contributed by atoms with E-state index in [9.17, 15) is 22.8 Å². The summed E-state index contributed by atoms with van der Waals surface area (Å²) in [4.78, 5) is 21.2. The molecule has 0 spiro atoms. The summed E-state index contributed by atoms with van der Waals surface area (Å²) in [5.74, 6) is -2.03. The Bertz CT molecular complexity index is 477. The summed E-state index contributed by atoms with van der Waals surface area (Å²) >= 11 is 0. The average Bonchev–Trinajstić information content (AvgIpc) is 2.26. The lowest BCUT2D eigenvalue weighted by Crippen LogP contribution is -2.09. The first-order chi connectivity index (χ1) is 8.29. The van der Waals surface area contributed by atoms with Crippen molar-refractivity contribution in [2.45, 2.75) is 6.18 Å². The van der Waals surface area contributed by atoms with Gasteiger partial charge in [-0.3, -0.25) is 4.79 Å². The lowest BCUT2D eigenvalue weighted by Gasteiger charge is -2.07. The number of amides is 1. The number of nitrogens with one attached hydrogen (secondary N) is 1. The van der Waals surface area contributed by atoms with Crippen LogP contribution in [0.3, 0.4) is 0 Å². The third-order valence-corrected chi connectivity index (χ3v) is 1.86. The Hall–Kier alpha value is -2.31. The molecular formula is C11H8F3NO3. The summed E-state index contributed by atoms with van der Waals surface area (Å²) in [7, 11) is 0. The smallest absolute Gasteiger partial charge is 0.416 e. The number of hydrogen-bond acceptors (Lipinski definition) is 2. The standard InChI is InChI=1S/C11H8F3NO3/c12-11(13,14)7-1-3-8(4-2-7)15-9(16)5-6-10(17)18/h1-6H,(H,15,16)(H,17,18)/b6-5-. The molecule has 0 saturated carbocycles. The molecule has 0 radical (unpaired) electrons. The number of carbonyl (C=O) groups is 2. The van der Waals surface area contributed by atoms with Crippen LogP contribution in [0.15, 0.2) is 36.4 Å². The summed E-state index contributed by atoms with van der Waals surface area (Å²) in [6.45, 7) is 0. The molecule has 0 aromatic heterocycles. The van der Waals surface area contributed by atoms with Crippen LogP contribution in [0.25, 0.3) is 0 Å². The van der Waals surface area contributed by atoms with Crippen molar-refractivity contribution in [2.24, 2.45) is 0 Å². The Kier molecular flexibility index (Phi) is 4.09. The van der Waals surface area contributed by atoms with Gasteiger partial charge in [0, 0.05) is 17.8 Å². The third-order valence-electron chi connectivity index (χ3n) is 1.86. The van der Waals surface area contributed by atoms with Gasteiger partial charge in [0.25, 0.3) is 0 Å². The van der Waals surface area contributed by atoms with Crippen LogP contribution in [-0.2, 0) is 15.8 Å². The van der Waals surface area contributed by atoms with Crippen molar-refractivity contribution in [3.63, 3.8) is 0 Å². The van der Waals surface area contributed by atoms with E-state index in [-0.39, 0.29) is 5.69 Å². The van der Waals surface area contributed by atoms with Crippen molar-refractivity contribution in [1.82, 2.24) is 0 Å². The molecular weight excluding hydrogens is 251 g/mol. The van der Waals surface area contributed by atoms with E-state index in [1.54, 1.807) is 0 Å². The van der Waals surface area contributed by atoms with Gasteiger partial charge in [-0.2, -0.15) is 13.2 Å². The highest BCUT2D eigenvalue weighted by molar-refractivity contribution is 6.02. The molecule has 1 rings (SSSR count). The van der Waals surface area contributed by atoms with Crippen LogP contribution in [-0.4, -0.2) is 17.0 Å². The van der Waals surface area contributed by atoms with Crippen molar-refractivity contribution in [1.29, 1.82) is 0 Å². The van der Waals surface area contributed by atoms with Crippen LogP contribution >= 0.6 is 0 Å². The van der Waals surface area contributed by atoms with Crippen molar-refractivity contribution in [3.8, 4) is 0 Å². The number of anilines is 1. The minimum atomic E-state index is -4.44. The largest absolute Gasteiger partial charge is 0.478 e. The molecule has 96 valence electrons. The predicted molar refractivity (Wildman–Crippen MR) is 56.8 cm³/mol. The molecule has 0 aliphatic carbocycles. The molecule has 0 fully saturated rings. The number of hydrogen-bond donors (Lipinski definition) is 2. The van der Waals surface area contributed by atoms with Gasteiger partial charge in [0.15, 0.2) is 0 Å². The van der Waals surface area contributed by atoms with E-state index >= 15 is 0 Å². The molecule has 0 saturated heterocycles. The third kappa shape index (κ3) is 4.28. The van der Waals surface area contributed by atoms with E-state index in [4.69, 9.17) is 5.11 Å². The first-order valence-electron chi connectivity index (χ1n) is 4.68. The number of alkyl halides is 3. The molecule has 2 N–H and O–H groups in total. The number of benzene rings is 1. The minimum Gasteiger partial charge on any atom is -0.478 e. The van der Waals surface area contributed by atoms with Crippen LogP contribution < -0.4 is 5.32 Å². The summed E-state index contributed by atoms with van der Waals surface area (Å²) in [5, 5.41) is 10.5. The van der Waals surface area contributed by atoms with Gasteiger partial charge in [-0.25, -0.2) is 4.79 Å². The molecule has 0 atom stereocenters. The maximum Gasteiger partial charge on any atom is 0.416 e. The second kappa shape index (κ2) is 5.35. The Labute approximate surface area is 99.7 Å². The predicted octanol–water partition coefficient (Wildman–Crippen LogP) is 2.28. The van der Waals surface area contributed by atoms with E-state index in [0.29, 0.717) is 6.08 Å². The molecule has 1 aromatic carbocycles. The van der Waals surface area contributed by atoms with Gasteiger partial charge < -0.3 is 10.4 Å². The van der Waals surface area contributed by atoms with Crippen molar-refractivity contribution in [3.05, 3.63) is 42.0 Å². The molecule has 18 heavy (non-hydrogen) atoms. The molecule has 0 aliphatic rings. The summed E-state index contributed by atoms with van der Waals surface area (Å²) in [6, 6.07) is 3.79. The van der Waals surface area contributed by atoms with E-state index in [1.165, 1.54) is 0 Å². The normalized spacial score (nSPS) is 11.5. The molecule has 7 heteroatoms. The number of carboxylic acid groups (broad SMARTS) is 1. The van der Waals surface area contributed by atoms with Crippen molar-refractivity contribution in [2.75, 3.05) is 5.32 Å². The quantitative estimate of drug-likeness (QED) is 0.818. The molecule has 1 aromatic rings. The number of halogens is 3. The zero-order valence-corrected chi connectivity index (χ0v) is 8.86. The molecule has 0 bridgehead atoms. The lowest BCUT2D eigenvalue weighted by molar-refractivity contribution is -0.137. The highest BCUT2D eigenvalue weighted by atomic mass is 19.4. The highest BCUT2D eigenvalue weighted by Crippen LogP contribution is 2.29. The first kappa shape index (κ1) is 13.8. The summed E-state index contributed by atoms with van der Waals surface area (Å²) in [5.41, 5.74) is -0.690. The minimum absolute atomic E-state index is 0.142. The van der Waals surface area contributed by atoms with Gasteiger partial charge in [0.05, 0.1) is 5.56 Å². The summed E-state index contributed by atoms with van der Waals surface area (Å²) < 4.78 is 36.7. The van der Waals surface area contributed by atoms with Crippen LogP contribution in [0, 0.1) is 0 Å². The molecule has 0 unspecified atom stereocenters. The molecule has 0 aliphatic heterocycles. The van der Waals surface area contributed by atoms with Gasteiger partial charge in [-0.05, 0) is 24.3 Å². The zero-order valence-electron chi connectivity index (χ0n) is 8.86. The number of carboxylic acids is 1.